The highest BCUT2D eigenvalue weighted by atomic mass is 15.5. The molecule has 0 aromatic rings. The molecule has 0 heterocycles. The van der Waals surface area contributed by atoms with Crippen LogP contribution in [0.3, 0.4) is 0 Å². The molecule has 13 heavy (non-hydrogen) atoms. The molecule has 0 bridgehead atoms. The van der Waals surface area contributed by atoms with E-state index in [2.05, 4.69) is 58.9 Å². The van der Waals surface area contributed by atoms with Gasteiger partial charge >= 0.3 is 0 Å². The lowest BCUT2D eigenvalue weighted by Gasteiger charge is -2.41. The van der Waals surface area contributed by atoms with E-state index in [0.717, 1.165) is 17.7 Å². The van der Waals surface area contributed by atoms with Crippen LogP contribution in [0.15, 0.2) is 0 Å². The molecule has 1 atom stereocenters. The third kappa shape index (κ3) is 4.07. The van der Waals surface area contributed by atoms with Crippen LogP contribution in [-0.4, -0.2) is 68.9 Å². The third-order valence-electron chi connectivity index (χ3n) is 2.80. The summed E-state index contributed by atoms with van der Waals surface area (Å²) in [5.41, 5.74) is 0. The summed E-state index contributed by atoms with van der Waals surface area (Å²) in [4.78, 5) is 4.61. The molecular formula is C10H26N3+. The highest BCUT2D eigenvalue weighted by Crippen LogP contribution is 2.09. The Morgan fingerprint density at radius 1 is 1.15 bits per heavy atom. The van der Waals surface area contributed by atoms with Gasteiger partial charge in [-0.15, -0.1) is 0 Å². The van der Waals surface area contributed by atoms with Crippen LogP contribution in [0, 0.1) is 0 Å². The van der Waals surface area contributed by atoms with Crippen molar-refractivity contribution in [2.45, 2.75) is 20.0 Å². The van der Waals surface area contributed by atoms with Crippen molar-refractivity contribution in [2.75, 3.05) is 48.5 Å². The van der Waals surface area contributed by atoms with Crippen molar-refractivity contribution in [1.29, 1.82) is 0 Å². The van der Waals surface area contributed by atoms with Crippen molar-refractivity contribution in [3.63, 3.8) is 0 Å². The summed E-state index contributed by atoms with van der Waals surface area (Å²) in [5, 5.41) is 0. The second kappa shape index (κ2) is 4.94. The van der Waals surface area contributed by atoms with E-state index in [1.165, 1.54) is 0 Å². The van der Waals surface area contributed by atoms with E-state index < -0.39 is 0 Å². The lowest BCUT2D eigenvalue weighted by Crippen LogP contribution is -2.58. The maximum atomic E-state index is 2.38. The molecule has 0 N–H and O–H groups in total. The fraction of sp³-hybridized carbons (Fsp3) is 1.00. The van der Waals surface area contributed by atoms with Gasteiger partial charge in [-0.05, 0) is 21.1 Å². The fourth-order valence-electron chi connectivity index (χ4n) is 1.64. The quantitative estimate of drug-likeness (QED) is 0.467. The van der Waals surface area contributed by atoms with Crippen molar-refractivity contribution in [1.82, 2.24) is 9.80 Å². The molecule has 0 fully saturated rings. The Labute approximate surface area is 83.5 Å². The van der Waals surface area contributed by atoms with Gasteiger partial charge in [0.2, 0.25) is 0 Å². The summed E-state index contributed by atoms with van der Waals surface area (Å²) >= 11 is 0. The maximum absolute atomic E-state index is 2.38. The van der Waals surface area contributed by atoms with Gasteiger partial charge in [-0.1, -0.05) is 6.92 Å². The van der Waals surface area contributed by atoms with Crippen LogP contribution in [0.5, 0.6) is 0 Å². The van der Waals surface area contributed by atoms with E-state index in [9.17, 15) is 0 Å². The first-order valence-corrected chi connectivity index (χ1v) is 4.99. The minimum atomic E-state index is 0.562. The van der Waals surface area contributed by atoms with Gasteiger partial charge in [0, 0.05) is 13.5 Å². The predicted octanol–water partition coefficient (Wildman–Crippen LogP) is 0.880. The summed E-state index contributed by atoms with van der Waals surface area (Å²) in [7, 11) is 11.0. The number of hydrogen-bond donors (Lipinski definition) is 0. The van der Waals surface area contributed by atoms with E-state index in [0.29, 0.717) is 6.17 Å². The average Bonchev–Trinajstić information content (AvgIpc) is 1.99. The van der Waals surface area contributed by atoms with Crippen molar-refractivity contribution in [3.8, 4) is 0 Å². The molecule has 1 unspecified atom stereocenters. The minimum absolute atomic E-state index is 0.562. The molecule has 0 rings (SSSR count). The molecule has 0 aromatic carbocycles. The molecule has 0 saturated heterocycles. The van der Waals surface area contributed by atoms with Gasteiger partial charge in [0.1, 0.15) is 12.8 Å². The van der Waals surface area contributed by atoms with Crippen molar-refractivity contribution >= 4 is 0 Å². The SMILES string of the molecule is CCN(C)C(C)[N+](C)(C)CN(C)C. The number of hydrogen-bond acceptors (Lipinski definition) is 2. The molecular weight excluding hydrogens is 162 g/mol. The van der Waals surface area contributed by atoms with Crippen molar-refractivity contribution < 1.29 is 4.48 Å². The molecule has 80 valence electrons. The van der Waals surface area contributed by atoms with E-state index in [1.807, 2.05) is 0 Å². The van der Waals surface area contributed by atoms with Gasteiger partial charge in [0.15, 0.2) is 0 Å². The molecule has 0 aromatic heterocycles. The molecule has 3 heteroatoms. The van der Waals surface area contributed by atoms with Crippen molar-refractivity contribution in [2.24, 2.45) is 0 Å². The largest absolute Gasteiger partial charge is 0.301 e. The standard InChI is InChI=1S/C10H26N3/c1-8-12(5)10(2)13(6,7)9-11(3)4/h10H,8-9H2,1-7H3/q+1. The van der Waals surface area contributed by atoms with Gasteiger partial charge < -0.3 is 4.48 Å². The maximum Gasteiger partial charge on any atom is 0.142 e. The summed E-state index contributed by atoms with van der Waals surface area (Å²) in [5.74, 6) is 0. The first kappa shape index (κ1) is 12.9. The lowest BCUT2D eigenvalue weighted by molar-refractivity contribution is -0.933. The number of rotatable bonds is 5. The topological polar surface area (TPSA) is 6.48 Å². The number of nitrogens with zero attached hydrogens (tertiary/aromatic N) is 3. The van der Waals surface area contributed by atoms with E-state index in [4.69, 9.17) is 0 Å². The lowest BCUT2D eigenvalue weighted by atomic mass is 10.3. The van der Waals surface area contributed by atoms with Crippen LogP contribution in [0.25, 0.3) is 0 Å². The Morgan fingerprint density at radius 2 is 1.62 bits per heavy atom. The zero-order valence-electron chi connectivity index (χ0n) is 10.3. The Morgan fingerprint density at radius 3 is 1.92 bits per heavy atom. The monoisotopic (exact) mass is 188 g/mol. The average molecular weight is 188 g/mol. The van der Waals surface area contributed by atoms with Gasteiger partial charge in [-0.2, -0.15) is 0 Å². The molecule has 0 saturated carbocycles. The van der Waals surface area contributed by atoms with Gasteiger partial charge in [0.25, 0.3) is 0 Å². The van der Waals surface area contributed by atoms with E-state index in [-0.39, 0.29) is 0 Å². The van der Waals surface area contributed by atoms with Crippen LogP contribution < -0.4 is 0 Å². The second-order valence-electron chi connectivity index (χ2n) is 4.70. The smallest absolute Gasteiger partial charge is 0.142 e. The van der Waals surface area contributed by atoms with Crippen LogP contribution in [0.4, 0.5) is 0 Å². The van der Waals surface area contributed by atoms with Gasteiger partial charge in [0.05, 0.1) is 14.1 Å². The Balaban J connectivity index is 4.25. The molecule has 3 nitrogen and oxygen atoms in total. The molecule has 0 radical (unpaired) electrons. The van der Waals surface area contributed by atoms with Crippen LogP contribution >= 0.6 is 0 Å². The molecule has 0 aliphatic carbocycles. The van der Waals surface area contributed by atoms with E-state index >= 15 is 0 Å². The zero-order chi connectivity index (χ0) is 10.6. The molecule has 0 aliphatic rings. The second-order valence-corrected chi connectivity index (χ2v) is 4.70. The van der Waals surface area contributed by atoms with Gasteiger partial charge in [-0.3, -0.25) is 9.80 Å². The van der Waals surface area contributed by atoms with Crippen LogP contribution in [0.2, 0.25) is 0 Å². The molecule has 0 spiro atoms. The Hall–Kier alpha value is -0.120. The predicted molar refractivity (Wildman–Crippen MR) is 58.4 cm³/mol. The summed E-state index contributed by atoms with van der Waals surface area (Å²) < 4.78 is 1.01. The van der Waals surface area contributed by atoms with E-state index in [1.54, 1.807) is 0 Å². The Bertz CT molecular complexity index is 143. The van der Waals surface area contributed by atoms with Crippen LogP contribution in [-0.2, 0) is 0 Å². The third-order valence-corrected chi connectivity index (χ3v) is 2.80. The van der Waals surface area contributed by atoms with Gasteiger partial charge in [-0.25, -0.2) is 0 Å². The number of quaternary nitrogens is 1. The fourth-order valence-corrected chi connectivity index (χ4v) is 1.64. The zero-order valence-corrected chi connectivity index (χ0v) is 10.3. The first-order chi connectivity index (χ1) is 5.81. The first-order valence-electron chi connectivity index (χ1n) is 4.99. The summed E-state index contributed by atoms with van der Waals surface area (Å²) in [6.45, 7) is 6.67. The molecule has 0 amide bonds. The van der Waals surface area contributed by atoms with Crippen molar-refractivity contribution in [3.05, 3.63) is 0 Å². The Kier molecular flexibility index (Phi) is 4.89. The normalized spacial score (nSPS) is 15.5. The summed E-state index contributed by atoms with van der Waals surface area (Å²) in [6, 6.07) is 0. The highest BCUT2D eigenvalue weighted by Gasteiger charge is 2.26. The van der Waals surface area contributed by atoms with Crippen LogP contribution in [0.1, 0.15) is 13.8 Å². The minimum Gasteiger partial charge on any atom is -0.301 e. The molecule has 0 aliphatic heterocycles. The highest BCUT2D eigenvalue weighted by molar-refractivity contribution is 4.50. The summed E-state index contributed by atoms with van der Waals surface area (Å²) in [6.07, 6.45) is 0.562.